The van der Waals surface area contributed by atoms with Crippen LogP contribution < -0.4 is 5.76 Å². The van der Waals surface area contributed by atoms with Gasteiger partial charge in [-0.1, -0.05) is 23.7 Å². The van der Waals surface area contributed by atoms with Gasteiger partial charge in [0.05, 0.1) is 12.1 Å². The molecule has 2 aromatic carbocycles. The highest BCUT2D eigenvalue weighted by Gasteiger charge is 2.10. The van der Waals surface area contributed by atoms with Crippen molar-refractivity contribution in [3.05, 3.63) is 69.4 Å². The van der Waals surface area contributed by atoms with Gasteiger partial charge < -0.3 is 4.42 Å². The molecule has 1 aromatic heterocycles. The molecule has 0 unspecified atom stereocenters. The number of nitrogens with zero attached hydrogens (tertiary/aromatic N) is 1. The molecule has 1 heterocycles. The van der Waals surface area contributed by atoms with Crippen LogP contribution in [0, 0.1) is 5.82 Å². The highest BCUT2D eigenvalue weighted by Crippen LogP contribution is 2.19. The summed E-state index contributed by atoms with van der Waals surface area (Å²) in [5.74, 6) is -0.766. The van der Waals surface area contributed by atoms with Crippen molar-refractivity contribution >= 4 is 22.7 Å². The van der Waals surface area contributed by atoms with Crippen molar-refractivity contribution in [2.24, 2.45) is 0 Å². The van der Waals surface area contributed by atoms with Gasteiger partial charge in [-0.15, -0.1) is 0 Å². The summed E-state index contributed by atoms with van der Waals surface area (Å²) >= 11 is 5.92. The van der Waals surface area contributed by atoms with Crippen LogP contribution in [0.1, 0.15) is 5.56 Å². The van der Waals surface area contributed by atoms with Gasteiger partial charge in [0, 0.05) is 5.02 Å². The third-order valence-electron chi connectivity index (χ3n) is 2.88. The fraction of sp³-hybridized carbons (Fsp3) is 0.0714. The lowest BCUT2D eigenvalue weighted by Crippen LogP contribution is -2.14. The Morgan fingerprint density at radius 1 is 1.16 bits per heavy atom. The van der Waals surface area contributed by atoms with E-state index in [0.29, 0.717) is 22.7 Å². The molecule has 5 heteroatoms. The monoisotopic (exact) mass is 277 g/mol. The highest BCUT2D eigenvalue weighted by molar-refractivity contribution is 6.31. The molecule has 0 spiro atoms. The number of aromatic nitrogens is 1. The van der Waals surface area contributed by atoms with Crippen molar-refractivity contribution in [3.8, 4) is 0 Å². The summed E-state index contributed by atoms with van der Waals surface area (Å²) in [5, 5.41) is 0.529. The van der Waals surface area contributed by atoms with Gasteiger partial charge in [-0.3, -0.25) is 4.57 Å². The molecule has 0 radical (unpaired) electrons. The average molecular weight is 278 g/mol. The van der Waals surface area contributed by atoms with Crippen LogP contribution in [0.15, 0.2) is 51.7 Å². The van der Waals surface area contributed by atoms with Gasteiger partial charge in [0.25, 0.3) is 0 Å². The standard InChI is InChI=1S/C14H9ClFNO2/c15-10-3-6-13-12(7-10)17(14(18)19-13)8-9-1-4-11(16)5-2-9/h1-7H,8H2. The van der Waals surface area contributed by atoms with Gasteiger partial charge in [0.1, 0.15) is 5.82 Å². The Morgan fingerprint density at radius 3 is 2.63 bits per heavy atom. The number of rotatable bonds is 2. The second kappa shape index (κ2) is 4.55. The average Bonchev–Trinajstić information content (AvgIpc) is 2.69. The zero-order valence-corrected chi connectivity index (χ0v) is 10.5. The fourth-order valence-electron chi connectivity index (χ4n) is 1.96. The number of hydrogen-bond acceptors (Lipinski definition) is 2. The molecule has 0 saturated heterocycles. The summed E-state index contributed by atoms with van der Waals surface area (Å²) in [6.45, 7) is 0.312. The van der Waals surface area contributed by atoms with Crippen molar-refractivity contribution in [1.82, 2.24) is 4.57 Å². The quantitative estimate of drug-likeness (QED) is 0.719. The van der Waals surface area contributed by atoms with Crippen LogP contribution in [0.4, 0.5) is 4.39 Å². The van der Waals surface area contributed by atoms with Crippen LogP contribution in [-0.2, 0) is 6.54 Å². The zero-order chi connectivity index (χ0) is 13.4. The third kappa shape index (κ3) is 2.27. The SMILES string of the molecule is O=c1oc2ccc(Cl)cc2n1Cc1ccc(F)cc1. The molecule has 0 saturated carbocycles. The predicted octanol–water partition coefficient (Wildman–Crippen LogP) is 3.44. The van der Waals surface area contributed by atoms with Crippen LogP contribution in [0.5, 0.6) is 0 Å². The van der Waals surface area contributed by atoms with Crippen molar-refractivity contribution in [2.75, 3.05) is 0 Å². The molecular weight excluding hydrogens is 269 g/mol. The Kier molecular flexibility index (Phi) is 2.87. The Morgan fingerprint density at radius 2 is 1.89 bits per heavy atom. The van der Waals surface area contributed by atoms with Crippen molar-refractivity contribution in [2.45, 2.75) is 6.54 Å². The van der Waals surface area contributed by atoms with E-state index in [1.807, 2.05) is 0 Å². The predicted molar refractivity (Wildman–Crippen MR) is 71.0 cm³/mol. The van der Waals surface area contributed by atoms with Gasteiger partial charge in [0.15, 0.2) is 5.58 Å². The summed E-state index contributed by atoms with van der Waals surface area (Å²) in [7, 11) is 0. The van der Waals surface area contributed by atoms with Gasteiger partial charge in [0.2, 0.25) is 0 Å². The van der Waals surface area contributed by atoms with E-state index in [2.05, 4.69) is 0 Å². The smallest absolute Gasteiger partial charge is 0.408 e. The van der Waals surface area contributed by atoms with Crippen LogP contribution >= 0.6 is 11.6 Å². The number of benzene rings is 2. The number of hydrogen-bond donors (Lipinski definition) is 0. The second-order valence-electron chi connectivity index (χ2n) is 4.19. The summed E-state index contributed by atoms with van der Waals surface area (Å²) in [6.07, 6.45) is 0. The number of oxazole rings is 1. The van der Waals surface area contributed by atoms with E-state index in [-0.39, 0.29) is 5.82 Å². The third-order valence-corrected chi connectivity index (χ3v) is 3.12. The van der Waals surface area contributed by atoms with Crippen LogP contribution in [0.25, 0.3) is 11.1 Å². The molecule has 3 rings (SSSR count). The lowest BCUT2D eigenvalue weighted by molar-refractivity contribution is 0.517. The van der Waals surface area contributed by atoms with Crippen molar-refractivity contribution < 1.29 is 8.81 Å². The summed E-state index contributed by atoms with van der Waals surface area (Å²) in [5.41, 5.74) is 1.92. The first kappa shape index (κ1) is 12.0. The summed E-state index contributed by atoms with van der Waals surface area (Å²) in [6, 6.07) is 11.0. The van der Waals surface area contributed by atoms with E-state index in [4.69, 9.17) is 16.0 Å². The highest BCUT2D eigenvalue weighted by atomic mass is 35.5. The topological polar surface area (TPSA) is 35.1 Å². The van der Waals surface area contributed by atoms with E-state index in [9.17, 15) is 9.18 Å². The first-order valence-corrected chi connectivity index (χ1v) is 6.04. The van der Waals surface area contributed by atoms with E-state index in [1.165, 1.54) is 16.7 Å². The molecule has 3 aromatic rings. The maximum Gasteiger partial charge on any atom is 0.420 e. The molecule has 96 valence electrons. The first-order chi connectivity index (χ1) is 9.13. The van der Waals surface area contributed by atoms with Gasteiger partial charge in [-0.05, 0) is 35.9 Å². The molecule has 0 N–H and O–H groups in total. The summed E-state index contributed by atoms with van der Waals surface area (Å²) in [4.78, 5) is 11.8. The minimum Gasteiger partial charge on any atom is -0.408 e. The zero-order valence-electron chi connectivity index (χ0n) is 9.77. The molecule has 0 amide bonds. The van der Waals surface area contributed by atoms with Gasteiger partial charge in [-0.25, -0.2) is 9.18 Å². The molecule has 3 nitrogen and oxygen atoms in total. The maximum atomic E-state index is 12.8. The fourth-order valence-corrected chi connectivity index (χ4v) is 2.12. The molecule has 0 atom stereocenters. The normalized spacial score (nSPS) is 11.1. The van der Waals surface area contributed by atoms with Crippen molar-refractivity contribution in [1.29, 1.82) is 0 Å². The molecular formula is C14H9ClFNO2. The van der Waals surface area contributed by atoms with E-state index in [0.717, 1.165) is 5.56 Å². The molecule has 0 aliphatic carbocycles. The second-order valence-corrected chi connectivity index (χ2v) is 4.63. The minimum atomic E-state index is -0.457. The lowest BCUT2D eigenvalue weighted by atomic mass is 10.2. The molecule has 0 fully saturated rings. The van der Waals surface area contributed by atoms with Crippen LogP contribution in [-0.4, -0.2) is 4.57 Å². The van der Waals surface area contributed by atoms with Crippen LogP contribution in [0.3, 0.4) is 0 Å². The minimum absolute atomic E-state index is 0.309. The Bertz CT molecular complexity index is 789. The molecule has 0 bridgehead atoms. The van der Waals surface area contributed by atoms with E-state index >= 15 is 0 Å². The van der Waals surface area contributed by atoms with Gasteiger partial charge >= 0.3 is 5.76 Å². The maximum absolute atomic E-state index is 12.8. The van der Waals surface area contributed by atoms with Gasteiger partial charge in [-0.2, -0.15) is 0 Å². The van der Waals surface area contributed by atoms with Crippen molar-refractivity contribution in [3.63, 3.8) is 0 Å². The number of fused-ring (bicyclic) bond motifs is 1. The largest absolute Gasteiger partial charge is 0.420 e. The Balaban J connectivity index is 2.09. The Labute approximate surface area is 112 Å². The lowest BCUT2D eigenvalue weighted by Gasteiger charge is -2.02. The van der Waals surface area contributed by atoms with E-state index < -0.39 is 5.76 Å². The number of halogens is 2. The molecule has 19 heavy (non-hydrogen) atoms. The summed E-state index contributed by atoms with van der Waals surface area (Å²) < 4.78 is 19.4. The molecule has 0 aliphatic heterocycles. The Hall–Kier alpha value is -2.07. The molecule has 0 aliphatic rings. The first-order valence-electron chi connectivity index (χ1n) is 5.67. The van der Waals surface area contributed by atoms with Crippen LogP contribution in [0.2, 0.25) is 5.02 Å². The van der Waals surface area contributed by atoms with E-state index in [1.54, 1.807) is 30.3 Å².